The van der Waals surface area contributed by atoms with Crippen LogP contribution < -0.4 is 14.2 Å². The van der Waals surface area contributed by atoms with Gasteiger partial charge in [0.05, 0.1) is 33.0 Å². The Labute approximate surface area is 323 Å². The largest absolute Gasteiger partial charge is 0.497 e. The number of thiophene rings is 1. The Kier molecular flexibility index (Phi) is 12.0. The van der Waals surface area contributed by atoms with Gasteiger partial charge >= 0.3 is 0 Å². The molecule has 11 heteroatoms. The van der Waals surface area contributed by atoms with Crippen LogP contribution >= 0.6 is 11.3 Å². The molecular weight excluding hydrogens is 723 g/mol. The van der Waals surface area contributed by atoms with E-state index in [-0.39, 0.29) is 29.0 Å². The molecule has 1 aromatic heterocycles. The van der Waals surface area contributed by atoms with Crippen LogP contribution in [0.3, 0.4) is 0 Å². The van der Waals surface area contributed by atoms with E-state index in [1.165, 1.54) is 11.4 Å². The fourth-order valence-electron chi connectivity index (χ4n) is 8.32. The Morgan fingerprint density at radius 1 is 0.944 bits per heavy atom. The number of aliphatic hydroxyl groups is 2. The molecule has 0 saturated heterocycles. The van der Waals surface area contributed by atoms with Crippen LogP contribution in [-0.4, -0.2) is 68.3 Å². The Morgan fingerprint density at radius 2 is 1.69 bits per heavy atom. The molecule has 4 unspecified atom stereocenters. The molecule has 0 aliphatic heterocycles. The smallest absolute Gasteiger partial charge is 0.252 e. The fourth-order valence-corrected chi connectivity index (χ4v) is 10.9. The first-order valence-electron chi connectivity index (χ1n) is 18.4. The summed E-state index contributed by atoms with van der Waals surface area (Å²) >= 11 is 1.14. The zero-order chi connectivity index (χ0) is 38.7. The lowest BCUT2D eigenvalue weighted by molar-refractivity contribution is -0.0732. The molecule has 4 atom stereocenters. The van der Waals surface area contributed by atoms with Gasteiger partial charge in [-0.1, -0.05) is 42.8 Å². The molecule has 3 aliphatic rings. The lowest BCUT2D eigenvalue weighted by atomic mass is 9.64. The zero-order valence-electron chi connectivity index (χ0n) is 31.7. The highest BCUT2D eigenvalue weighted by Crippen LogP contribution is 2.59. The first kappa shape index (κ1) is 39.7. The van der Waals surface area contributed by atoms with E-state index in [1.807, 2.05) is 18.2 Å². The van der Waals surface area contributed by atoms with Gasteiger partial charge in [-0.05, 0) is 117 Å². The van der Waals surface area contributed by atoms with Crippen molar-refractivity contribution in [3.05, 3.63) is 118 Å². The maximum absolute atomic E-state index is 14.5. The predicted molar refractivity (Wildman–Crippen MR) is 211 cm³/mol. The third-order valence-corrected chi connectivity index (χ3v) is 14.8. The number of sulfonamides is 1. The van der Waals surface area contributed by atoms with Gasteiger partial charge in [0, 0.05) is 41.3 Å². The van der Waals surface area contributed by atoms with Gasteiger partial charge in [-0.2, -0.15) is 4.31 Å². The van der Waals surface area contributed by atoms with Crippen LogP contribution in [0.2, 0.25) is 0 Å². The van der Waals surface area contributed by atoms with Crippen molar-refractivity contribution in [3.8, 4) is 17.2 Å². The maximum Gasteiger partial charge on any atom is 0.252 e. The fraction of sp³-hybridized carbons (Fsp3) is 0.419. The van der Waals surface area contributed by atoms with Gasteiger partial charge in [-0.25, -0.2) is 8.42 Å². The van der Waals surface area contributed by atoms with E-state index in [0.717, 1.165) is 34.5 Å². The van der Waals surface area contributed by atoms with Gasteiger partial charge in [0.15, 0.2) is 5.78 Å². The van der Waals surface area contributed by atoms with Crippen molar-refractivity contribution in [1.29, 1.82) is 0 Å². The summed E-state index contributed by atoms with van der Waals surface area (Å²) in [5.41, 5.74) is 2.17. The van der Waals surface area contributed by atoms with Crippen molar-refractivity contribution in [2.45, 2.75) is 87.2 Å². The SMILES string of the molecule is COc1ccc(C(=O)c2cc3ccc2C2CCC(O)(CN(Cc4ccc(OC)cc4OC)S(=O)(=O)c4cccs4)C2(C)CCC=C(C)CCC(O)C3)cc1. The minimum Gasteiger partial charge on any atom is -0.497 e. The second-order valence-corrected chi connectivity index (χ2v) is 18.0. The summed E-state index contributed by atoms with van der Waals surface area (Å²) in [4.78, 5) is 14.4. The van der Waals surface area contributed by atoms with E-state index in [0.29, 0.717) is 72.5 Å². The Bertz CT molecular complexity index is 2080. The highest BCUT2D eigenvalue weighted by molar-refractivity contribution is 7.91. The Morgan fingerprint density at radius 3 is 2.37 bits per heavy atom. The van der Waals surface area contributed by atoms with Gasteiger partial charge in [-0.15, -0.1) is 11.3 Å². The molecular formula is C43H51NO8S2. The van der Waals surface area contributed by atoms with Crippen LogP contribution in [0.4, 0.5) is 0 Å². The second-order valence-electron chi connectivity index (χ2n) is 14.9. The van der Waals surface area contributed by atoms with Gasteiger partial charge in [0.2, 0.25) is 0 Å². The summed E-state index contributed by atoms with van der Waals surface area (Å²) in [5.74, 6) is 1.27. The number of hydrogen-bond acceptors (Lipinski definition) is 9. The maximum atomic E-state index is 14.5. The molecule has 3 aromatic carbocycles. The van der Waals surface area contributed by atoms with E-state index in [9.17, 15) is 23.4 Å². The molecule has 1 saturated carbocycles. The highest BCUT2D eigenvalue weighted by Gasteiger charge is 2.58. The standard InChI is InChI=1S/C43H51NO8S2/c1-29-8-6-21-42(2)38(36-19-11-30(24-33(45)15-10-29)25-37(36)41(46)31-12-16-34(50-3)17-13-31)20-22-43(42,47)28-44(54(48,49)40-9-7-23-53-40)27-32-14-18-35(51-4)26-39(32)52-5/h7-9,11-14,16-19,23,25-26,33,38,45,47H,6,10,15,20-22,24,27-28H2,1-5H3. The minimum atomic E-state index is -4.06. The number of hydrogen-bond donors (Lipinski definition) is 2. The average molecular weight is 774 g/mol. The normalized spacial score (nSPS) is 23.4. The molecule has 0 spiro atoms. The molecule has 54 heavy (non-hydrogen) atoms. The van der Waals surface area contributed by atoms with Crippen molar-refractivity contribution >= 4 is 27.1 Å². The molecule has 288 valence electrons. The molecule has 7 rings (SSSR count). The van der Waals surface area contributed by atoms with Crippen LogP contribution in [0.1, 0.15) is 90.9 Å². The van der Waals surface area contributed by atoms with Crippen molar-refractivity contribution in [2.24, 2.45) is 5.41 Å². The monoisotopic (exact) mass is 773 g/mol. The number of methoxy groups -OCH3 is 3. The van der Waals surface area contributed by atoms with Crippen LogP contribution in [0.15, 0.2) is 94.0 Å². The summed E-state index contributed by atoms with van der Waals surface area (Å²) in [7, 11) is 0.619. The topological polar surface area (TPSA) is 123 Å². The van der Waals surface area contributed by atoms with Crippen LogP contribution in [-0.2, 0) is 23.0 Å². The average Bonchev–Trinajstić information content (AvgIpc) is 3.81. The van der Waals surface area contributed by atoms with E-state index in [2.05, 4.69) is 19.9 Å². The Hall–Kier alpha value is -4.00. The summed E-state index contributed by atoms with van der Waals surface area (Å²) in [5, 5.41) is 25.8. The third-order valence-electron chi connectivity index (χ3n) is 11.6. The highest BCUT2D eigenvalue weighted by atomic mass is 32.2. The summed E-state index contributed by atoms with van der Waals surface area (Å²) < 4.78 is 47.0. The van der Waals surface area contributed by atoms with E-state index < -0.39 is 27.1 Å². The van der Waals surface area contributed by atoms with E-state index >= 15 is 0 Å². The Balaban J connectivity index is 1.46. The minimum absolute atomic E-state index is 0.0340. The molecule has 2 N–H and O–H groups in total. The number of aliphatic hydroxyl groups excluding tert-OH is 1. The van der Waals surface area contributed by atoms with E-state index in [1.54, 1.807) is 74.2 Å². The molecule has 3 aliphatic carbocycles. The number of nitrogens with zero attached hydrogens (tertiary/aromatic N) is 1. The summed E-state index contributed by atoms with van der Waals surface area (Å²) in [6, 6.07) is 21.5. The van der Waals surface area contributed by atoms with Crippen LogP contribution in [0, 0.1) is 5.41 Å². The second kappa shape index (κ2) is 16.4. The number of fused-ring (bicyclic) bond motifs is 8. The zero-order valence-corrected chi connectivity index (χ0v) is 33.3. The number of ketones is 1. The molecule has 2 bridgehead atoms. The van der Waals surface area contributed by atoms with Crippen molar-refractivity contribution in [2.75, 3.05) is 27.9 Å². The summed E-state index contributed by atoms with van der Waals surface area (Å²) in [6.07, 6.45) is 5.38. The number of carbonyl (C=O) groups excluding carboxylic acids is 1. The quantitative estimate of drug-likeness (QED) is 0.116. The summed E-state index contributed by atoms with van der Waals surface area (Å²) in [6.45, 7) is 3.93. The first-order chi connectivity index (χ1) is 25.8. The number of carbonyl (C=O) groups is 1. The predicted octanol–water partition coefficient (Wildman–Crippen LogP) is 7.93. The molecule has 0 amide bonds. The van der Waals surface area contributed by atoms with Gasteiger partial charge < -0.3 is 24.4 Å². The van der Waals surface area contributed by atoms with Crippen molar-refractivity contribution in [1.82, 2.24) is 4.31 Å². The number of ether oxygens (including phenoxy) is 3. The molecule has 9 nitrogen and oxygen atoms in total. The van der Waals surface area contributed by atoms with E-state index in [4.69, 9.17) is 14.2 Å². The van der Waals surface area contributed by atoms with Gasteiger partial charge in [0.1, 0.15) is 21.5 Å². The number of benzene rings is 3. The molecule has 0 radical (unpaired) electrons. The van der Waals surface area contributed by atoms with Crippen LogP contribution in [0.25, 0.3) is 0 Å². The number of allylic oxidation sites excluding steroid dienone is 2. The van der Waals surface area contributed by atoms with Crippen molar-refractivity contribution in [3.63, 3.8) is 0 Å². The van der Waals surface area contributed by atoms with Crippen LogP contribution in [0.5, 0.6) is 17.2 Å². The molecule has 1 heterocycles. The first-order valence-corrected chi connectivity index (χ1v) is 20.8. The molecule has 4 aromatic rings. The van der Waals surface area contributed by atoms with Gasteiger partial charge in [0.25, 0.3) is 10.0 Å². The van der Waals surface area contributed by atoms with Crippen molar-refractivity contribution < 1.29 is 37.6 Å². The lowest BCUT2D eigenvalue weighted by Gasteiger charge is -2.46. The lowest BCUT2D eigenvalue weighted by Crippen LogP contribution is -2.53. The van der Waals surface area contributed by atoms with Gasteiger partial charge in [-0.3, -0.25) is 4.79 Å². The number of rotatable bonds is 11. The third kappa shape index (κ3) is 8.02. The molecule has 1 fully saturated rings.